The van der Waals surface area contributed by atoms with Crippen molar-refractivity contribution in [3.05, 3.63) is 137 Å². The minimum absolute atomic E-state index is 0.217. The van der Waals surface area contributed by atoms with Crippen molar-refractivity contribution in [1.82, 2.24) is 30.8 Å². The molecule has 0 unspecified atom stereocenters. The molecule has 0 aliphatic carbocycles. The minimum atomic E-state index is -0.217. The van der Waals surface area contributed by atoms with Crippen LogP contribution in [0.2, 0.25) is 0 Å². The highest BCUT2D eigenvalue weighted by Crippen LogP contribution is 2.11. The number of hydrogen-bond acceptors (Lipinski definition) is 5. The van der Waals surface area contributed by atoms with E-state index in [0.29, 0.717) is 19.6 Å². The van der Waals surface area contributed by atoms with Gasteiger partial charge in [0.1, 0.15) is 17.5 Å². The molecule has 0 amide bonds. The van der Waals surface area contributed by atoms with Gasteiger partial charge in [-0.05, 0) is 58.7 Å². The van der Waals surface area contributed by atoms with Gasteiger partial charge in [0, 0.05) is 52.4 Å². The van der Waals surface area contributed by atoms with E-state index in [1.54, 1.807) is 0 Å². The lowest BCUT2D eigenvalue weighted by molar-refractivity contribution is 0.264. The molecule has 0 bridgehead atoms. The Morgan fingerprint density at radius 3 is 1.64 bits per heavy atom. The maximum atomic E-state index is 13.2. The molecule has 0 radical (unpaired) electrons. The third kappa shape index (κ3) is 9.29. The first-order chi connectivity index (χ1) is 20.6. The summed E-state index contributed by atoms with van der Waals surface area (Å²) in [5.74, 6) is 0.502. The van der Waals surface area contributed by atoms with E-state index in [4.69, 9.17) is 0 Å². The number of aromatic amines is 1. The van der Waals surface area contributed by atoms with Crippen LogP contribution < -0.4 is 16.0 Å². The molecular weight excluding hydrogens is 530 g/mol. The van der Waals surface area contributed by atoms with E-state index in [1.165, 1.54) is 35.4 Å². The Morgan fingerprint density at radius 2 is 1.07 bits per heavy atom. The van der Waals surface area contributed by atoms with E-state index in [1.807, 2.05) is 48.5 Å². The first-order valence-corrected chi connectivity index (χ1v) is 14.5. The molecule has 0 spiro atoms. The topological polar surface area (TPSA) is 68.0 Å². The van der Waals surface area contributed by atoms with Crippen LogP contribution in [0.25, 0.3) is 11.0 Å². The summed E-state index contributed by atoms with van der Waals surface area (Å²) in [6.07, 6.45) is 0. The Hall–Kier alpha value is -3.95. The van der Waals surface area contributed by atoms with Crippen molar-refractivity contribution in [2.45, 2.75) is 32.7 Å². The molecule has 8 heteroatoms. The van der Waals surface area contributed by atoms with Crippen LogP contribution in [0.5, 0.6) is 0 Å². The standard InChI is InChI=1S/C34H38F2N6/c35-30-13-9-27(10-14-30)21-37-17-19-42(20-18-38-22-28-11-15-31(36)16-12-28)25-29-7-5-26(6-8-29)23-39-24-34-40-32-3-1-2-4-33(32)41-34/h1-16,37-39H,17-25H2,(H,40,41). The maximum Gasteiger partial charge on any atom is 0.123 e. The Bertz CT molecular complexity index is 1410. The van der Waals surface area contributed by atoms with E-state index in [0.717, 1.165) is 67.3 Å². The summed E-state index contributed by atoms with van der Waals surface area (Å²) in [7, 11) is 0. The Kier molecular flexibility index (Phi) is 10.8. The van der Waals surface area contributed by atoms with Crippen LogP contribution in [0.3, 0.4) is 0 Å². The highest BCUT2D eigenvalue weighted by atomic mass is 19.1. The zero-order valence-electron chi connectivity index (χ0n) is 23.8. The maximum absolute atomic E-state index is 13.2. The Balaban J connectivity index is 1.09. The molecule has 218 valence electrons. The van der Waals surface area contributed by atoms with Gasteiger partial charge in [-0.25, -0.2) is 13.8 Å². The lowest BCUT2D eigenvalue weighted by Gasteiger charge is -2.23. The summed E-state index contributed by atoms with van der Waals surface area (Å²) in [5, 5.41) is 10.4. The molecule has 0 aliphatic rings. The molecule has 1 heterocycles. The molecule has 42 heavy (non-hydrogen) atoms. The second-order valence-electron chi connectivity index (χ2n) is 10.5. The van der Waals surface area contributed by atoms with Gasteiger partial charge in [0.05, 0.1) is 17.6 Å². The summed E-state index contributed by atoms with van der Waals surface area (Å²) in [5.41, 5.74) is 6.65. The molecule has 4 N–H and O–H groups in total. The molecule has 0 fully saturated rings. The largest absolute Gasteiger partial charge is 0.341 e. The molecule has 0 saturated carbocycles. The second-order valence-corrected chi connectivity index (χ2v) is 10.5. The van der Waals surface area contributed by atoms with Crippen LogP contribution in [0.4, 0.5) is 8.78 Å². The smallest absolute Gasteiger partial charge is 0.123 e. The van der Waals surface area contributed by atoms with Crippen LogP contribution in [-0.2, 0) is 32.7 Å². The molecular formula is C34H38F2N6. The van der Waals surface area contributed by atoms with Crippen molar-refractivity contribution >= 4 is 11.0 Å². The third-order valence-electron chi connectivity index (χ3n) is 7.18. The number of rotatable bonds is 16. The van der Waals surface area contributed by atoms with Crippen molar-refractivity contribution in [1.29, 1.82) is 0 Å². The monoisotopic (exact) mass is 568 g/mol. The fraction of sp³-hybridized carbons (Fsp3) is 0.265. The van der Waals surface area contributed by atoms with Crippen LogP contribution in [0, 0.1) is 11.6 Å². The number of nitrogens with zero attached hydrogens (tertiary/aromatic N) is 2. The number of aromatic nitrogens is 2. The van der Waals surface area contributed by atoms with Crippen molar-refractivity contribution in [3.63, 3.8) is 0 Å². The SMILES string of the molecule is Fc1ccc(CNCCN(CCNCc2ccc(F)cc2)Cc2ccc(CNCc3nc4ccccc4[nH]3)cc2)cc1. The van der Waals surface area contributed by atoms with Gasteiger partial charge in [-0.1, -0.05) is 60.7 Å². The number of fused-ring (bicyclic) bond motifs is 1. The summed E-state index contributed by atoms with van der Waals surface area (Å²) in [4.78, 5) is 10.4. The van der Waals surface area contributed by atoms with E-state index < -0.39 is 0 Å². The number of halogens is 2. The molecule has 0 saturated heterocycles. The van der Waals surface area contributed by atoms with Crippen LogP contribution in [-0.4, -0.2) is 41.0 Å². The zero-order valence-corrected chi connectivity index (χ0v) is 23.8. The summed E-state index contributed by atoms with van der Waals surface area (Å²) in [6.45, 7) is 7.07. The normalized spacial score (nSPS) is 11.5. The average Bonchev–Trinajstić information content (AvgIpc) is 3.43. The highest BCUT2D eigenvalue weighted by Gasteiger charge is 2.08. The summed E-state index contributed by atoms with van der Waals surface area (Å²) >= 11 is 0. The fourth-order valence-corrected chi connectivity index (χ4v) is 4.85. The number of hydrogen-bond donors (Lipinski definition) is 4. The third-order valence-corrected chi connectivity index (χ3v) is 7.18. The predicted octanol–water partition coefficient (Wildman–Crippen LogP) is 5.51. The zero-order chi connectivity index (χ0) is 29.0. The lowest BCUT2D eigenvalue weighted by atomic mass is 10.1. The van der Waals surface area contributed by atoms with E-state index in [-0.39, 0.29) is 11.6 Å². The molecule has 0 atom stereocenters. The first-order valence-electron chi connectivity index (χ1n) is 14.5. The number of H-pyrrole nitrogens is 1. The van der Waals surface area contributed by atoms with Gasteiger partial charge >= 0.3 is 0 Å². The first kappa shape index (κ1) is 29.5. The Labute approximate surface area is 246 Å². The molecule has 6 nitrogen and oxygen atoms in total. The van der Waals surface area contributed by atoms with Crippen molar-refractivity contribution in [2.75, 3.05) is 26.2 Å². The van der Waals surface area contributed by atoms with E-state index in [2.05, 4.69) is 55.1 Å². The van der Waals surface area contributed by atoms with Gasteiger partial charge in [0.2, 0.25) is 0 Å². The van der Waals surface area contributed by atoms with Gasteiger partial charge in [-0.15, -0.1) is 0 Å². The van der Waals surface area contributed by atoms with Crippen LogP contribution in [0.15, 0.2) is 97.1 Å². The number of imidazole rings is 1. The molecule has 0 aliphatic heterocycles. The van der Waals surface area contributed by atoms with Gasteiger partial charge in [-0.2, -0.15) is 0 Å². The number of nitrogens with one attached hydrogen (secondary N) is 4. The van der Waals surface area contributed by atoms with E-state index >= 15 is 0 Å². The van der Waals surface area contributed by atoms with Gasteiger partial charge < -0.3 is 20.9 Å². The van der Waals surface area contributed by atoms with Crippen molar-refractivity contribution < 1.29 is 8.78 Å². The molecule has 5 rings (SSSR count). The second kappa shape index (κ2) is 15.3. The Morgan fingerprint density at radius 1 is 0.571 bits per heavy atom. The lowest BCUT2D eigenvalue weighted by Crippen LogP contribution is -2.36. The quantitative estimate of drug-likeness (QED) is 0.118. The highest BCUT2D eigenvalue weighted by molar-refractivity contribution is 5.74. The average molecular weight is 569 g/mol. The number of benzene rings is 4. The summed E-state index contributed by atoms with van der Waals surface area (Å²) < 4.78 is 26.4. The van der Waals surface area contributed by atoms with Crippen LogP contribution >= 0.6 is 0 Å². The fourth-order valence-electron chi connectivity index (χ4n) is 4.85. The molecule has 5 aromatic rings. The van der Waals surface area contributed by atoms with Crippen molar-refractivity contribution in [2.24, 2.45) is 0 Å². The van der Waals surface area contributed by atoms with Gasteiger partial charge in [0.25, 0.3) is 0 Å². The van der Waals surface area contributed by atoms with Gasteiger partial charge in [0.15, 0.2) is 0 Å². The van der Waals surface area contributed by atoms with Gasteiger partial charge in [-0.3, -0.25) is 4.90 Å². The predicted molar refractivity (Wildman–Crippen MR) is 165 cm³/mol. The van der Waals surface area contributed by atoms with E-state index in [9.17, 15) is 8.78 Å². The minimum Gasteiger partial charge on any atom is -0.341 e. The van der Waals surface area contributed by atoms with Crippen molar-refractivity contribution in [3.8, 4) is 0 Å². The van der Waals surface area contributed by atoms with Crippen LogP contribution in [0.1, 0.15) is 28.1 Å². The molecule has 4 aromatic carbocycles. The molecule has 1 aromatic heterocycles. The summed E-state index contributed by atoms with van der Waals surface area (Å²) in [6, 6.07) is 30.0. The number of para-hydroxylation sites is 2.